The summed E-state index contributed by atoms with van der Waals surface area (Å²) in [6.45, 7) is 0. The van der Waals surface area contributed by atoms with Crippen LogP contribution in [0, 0.1) is 0 Å². The van der Waals surface area contributed by atoms with Crippen molar-refractivity contribution in [2.45, 2.75) is 0 Å². The van der Waals surface area contributed by atoms with E-state index < -0.39 is 146 Å². The molecule has 0 aliphatic carbocycles. The van der Waals surface area contributed by atoms with Crippen LogP contribution in [0.1, 0.15) is 0 Å². The monoisotopic (exact) mass is 1130 g/mol. The molecule has 9 aromatic rings. The van der Waals surface area contributed by atoms with Crippen molar-refractivity contribution >= 4 is 138 Å². The van der Waals surface area contributed by atoms with Crippen molar-refractivity contribution < 1.29 is 103 Å². The van der Waals surface area contributed by atoms with Gasteiger partial charge in [-0.3, -0.25) is 27.3 Å². The summed E-state index contributed by atoms with van der Waals surface area (Å²) in [4.78, 5) is 9.51. The highest BCUT2D eigenvalue weighted by Crippen LogP contribution is 2.56. The van der Waals surface area contributed by atoms with Gasteiger partial charge < -0.3 is 25.1 Å². The minimum absolute atomic E-state index is 0.159. The highest BCUT2D eigenvalue weighted by molar-refractivity contribution is 7.82. The molecule has 2 aliphatic rings. The Hall–Kier alpha value is -7.60. The van der Waals surface area contributed by atoms with Gasteiger partial charge >= 0.3 is 62.4 Å². The molecule has 2 aliphatic heterocycles. The predicted molar refractivity (Wildman–Crippen MR) is 257 cm³/mol. The van der Waals surface area contributed by atoms with Crippen molar-refractivity contribution in [3.8, 4) is 56.8 Å². The summed E-state index contributed by atoms with van der Waals surface area (Å²) in [5.74, 6) is -4.41. The van der Waals surface area contributed by atoms with E-state index in [2.05, 4.69) is 0 Å². The molecule has 74 heavy (non-hydrogen) atoms. The van der Waals surface area contributed by atoms with Gasteiger partial charge in [-0.05, 0) is 18.2 Å². The SMILES string of the molecule is O=S(=O)(O)Oc1c2ccccc2c(OS(=O)(=O)O)c2cc3c(cc12)N=c1c-3c2c(c3c(OS(=O)(=O)O)c4ccccc4c(OS(=O)(=O)O)c13)=Nc1c-2ccc2c(OS(=O)(=O)O)c3ccccc3c(OS(=O)(=O)O)c12. The summed E-state index contributed by atoms with van der Waals surface area (Å²) in [5, 5.41) is -5.57. The van der Waals surface area contributed by atoms with Gasteiger partial charge in [0.1, 0.15) is 0 Å². The third-order valence-electron chi connectivity index (χ3n) is 11.6. The molecule has 0 saturated heterocycles. The largest absolute Gasteiger partial charge is 0.446 e. The summed E-state index contributed by atoms with van der Waals surface area (Å²) in [5.41, 5.74) is -1.45. The van der Waals surface area contributed by atoms with Crippen LogP contribution in [0.3, 0.4) is 0 Å². The zero-order valence-electron chi connectivity index (χ0n) is 35.6. The first-order valence-electron chi connectivity index (χ1n) is 20.0. The van der Waals surface area contributed by atoms with E-state index in [-0.39, 0.29) is 60.3 Å². The molecule has 0 unspecified atom stereocenters. The Morgan fingerprint density at radius 1 is 0.311 bits per heavy atom. The lowest BCUT2D eigenvalue weighted by Crippen LogP contribution is -2.20. The van der Waals surface area contributed by atoms with E-state index in [1.54, 1.807) is 0 Å². The Kier molecular flexibility index (Phi) is 10.5. The molecule has 0 atom stereocenters. The molecule has 6 N–H and O–H groups in total. The lowest BCUT2D eigenvalue weighted by Gasteiger charge is -2.18. The molecule has 0 fully saturated rings. The van der Waals surface area contributed by atoms with Gasteiger partial charge in [-0.25, -0.2) is 9.98 Å². The normalized spacial score (nSPS) is 13.6. The number of hydrogen-bond donors (Lipinski definition) is 6. The second-order valence-corrected chi connectivity index (χ2v) is 22.0. The molecule has 0 amide bonds. The standard InChI is InChI=1S/C42H22N2O24S6/c45-69(46,47)63-37-19-9-3-4-10-20(19)40(66-72(54,55)56)31-24(37)14-13-23-29-30-27-15-25-26(39(65-71(51,52)53)18-8-2-1-7-17(18)38(25)64-70(48,49)50)16-28(27)43-35(30)32-33(36(29)44-34(23)31)42(68-74(60,61)62)22-12-6-5-11-21(22)41(32)67-73(57,58)59/h1-16H,(H,45,46,47)(H,48,49,50)(H,51,52,53)(H,54,55,56)(H,57,58,59)(H,60,61,62). The molecule has 0 bridgehead atoms. The molecule has 26 nitrogen and oxygen atoms in total. The first-order valence-corrected chi connectivity index (χ1v) is 28.2. The van der Waals surface area contributed by atoms with Crippen LogP contribution in [-0.4, -0.2) is 77.8 Å². The number of rotatable bonds is 12. The zero-order valence-corrected chi connectivity index (χ0v) is 40.5. The molecule has 2 heterocycles. The molecule has 380 valence electrons. The second-order valence-electron chi connectivity index (χ2n) is 15.9. The van der Waals surface area contributed by atoms with Gasteiger partial charge in [0, 0.05) is 70.7 Å². The van der Waals surface area contributed by atoms with Gasteiger partial charge in [0.15, 0.2) is 34.5 Å². The quantitative estimate of drug-likeness (QED) is 0.0644. The van der Waals surface area contributed by atoms with Crippen LogP contribution in [0.4, 0.5) is 11.4 Å². The maximum absolute atomic E-state index is 12.8. The van der Waals surface area contributed by atoms with Crippen molar-refractivity contribution in [1.82, 2.24) is 0 Å². The van der Waals surface area contributed by atoms with E-state index in [0.717, 1.165) is 18.2 Å². The molecule has 0 spiro atoms. The smallest absolute Gasteiger partial charge is 0.360 e. The lowest BCUT2D eigenvalue weighted by atomic mass is 9.87. The average Bonchev–Trinajstić information content (AvgIpc) is 3.85. The molecule has 32 heteroatoms. The summed E-state index contributed by atoms with van der Waals surface area (Å²) in [6.07, 6.45) is 0. The molecular weight excluding hydrogens is 1110 g/mol. The van der Waals surface area contributed by atoms with Gasteiger partial charge in [-0.15, -0.1) is 0 Å². The van der Waals surface area contributed by atoms with Gasteiger partial charge in [0.25, 0.3) is 0 Å². The van der Waals surface area contributed by atoms with Gasteiger partial charge in [-0.2, -0.15) is 50.5 Å². The number of benzene rings is 9. The third kappa shape index (κ3) is 8.32. The van der Waals surface area contributed by atoms with Crippen molar-refractivity contribution in [3.63, 3.8) is 0 Å². The van der Waals surface area contributed by atoms with Crippen LogP contribution >= 0.6 is 0 Å². The Labute approximate surface area is 413 Å². The van der Waals surface area contributed by atoms with Crippen LogP contribution in [0.15, 0.2) is 107 Å². The fourth-order valence-electron chi connectivity index (χ4n) is 9.37. The number of nitrogens with zero attached hydrogens (tertiary/aromatic N) is 2. The zero-order chi connectivity index (χ0) is 53.0. The predicted octanol–water partition coefficient (Wildman–Crippen LogP) is 5.56. The van der Waals surface area contributed by atoms with Gasteiger partial charge in [0.05, 0.1) is 38.2 Å². The number of fused-ring (bicyclic) bond motifs is 16. The summed E-state index contributed by atoms with van der Waals surface area (Å²) >= 11 is 0. The van der Waals surface area contributed by atoms with Crippen LogP contribution in [-0.2, 0) is 62.4 Å². The minimum Gasteiger partial charge on any atom is -0.360 e. The second kappa shape index (κ2) is 16.0. The van der Waals surface area contributed by atoms with E-state index in [4.69, 9.17) is 35.1 Å². The fourth-order valence-corrected chi connectivity index (χ4v) is 11.7. The van der Waals surface area contributed by atoms with E-state index in [9.17, 15) is 77.8 Å². The Morgan fingerprint density at radius 2 is 0.622 bits per heavy atom. The van der Waals surface area contributed by atoms with Crippen LogP contribution in [0.2, 0.25) is 0 Å². The Bertz CT molecular complexity index is 4960. The summed E-state index contributed by atoms with van der Waals surface area (Å²) < 4.78 is 243. The maximum atomic E-state index is 12.8. The highest BCUT2D eigenvalue weighted by atomic mass is 32.3. The Balaban J connectivity index is 1.42. The molecule has 11 rings (SSSR count). The van der Waals surface area contributed by atoms with Crippen LogP contribution in [0.25, 0.3) is 86.9 Å². The minimum atomic E-state index is -5.61. The van der Waals surface area contributed by atoms with Crippen molar-refractivity contribution in [2.24, 2.45) is 9.98 Å². The first-order chi connectivity index (χ1) is 34.4. The van der Waals surface area contributed by atoms with E-state index >= 15 is 0 Å². The van der Waals surface area contributed by atoms with Gasteiger partial charge in [0.2, 0.25) is 0 Å². The van der Waals surface area contributed by atoms with Gasteiger partial charge in [-0.1, -0.05) is 78.9 Å². The van der Waals surface area contributed by atoms with Crippen molar-refractivity contribution in [1.29, 1.82) is 0 Å². The maximum Gasteiger partial charge on any atom is 0.446 e. The van der Waals surface area contributed by atoms with Crippen LogP contribution in [0.5, 0.6) is 34.5 Å². The average molecular weight is 1130 g/mol. The molecule has 0 aromatic heterocycles. The fraction of sp³-hybridized carbons (Fsp3) is 0. The Morgan fingerprint density at radius 3 is 1.01 bits per heavy atom. The highest BCUT2D eigenvalue weighted by Gasteiger charge is 2.37. The third-order valence-corrected chi connectivity index (χ3v) is 13.8. The first kappa shape index (κ1) is 48.7. The lowest BCUT2D eigenvalue weighted by molar-refractivity contribution is 0.385. The van der Waals surface area contributed by atoms with E-state index in [1.165, 1.54) is 78.9 Å². The molecule has 0 saturated carbocycles. The van der Waals surface area contributed by atoms with Crippen molar-refractivity contribution in [2.75, 3.05) is 0 Å². The molecule has 9 aromatic carbocycles. The van der Waals surface area contributed by atoms with E-state index in [0.29, 0.717) is 0 Å². The van der Waals surface area contributed by atoms with Crippen LogP contribution < -0.4 is 35.8 Å². The van der Waals surface area contributed by atoms with Crippen molar-refractivity contribution in [3.05, 3.63) is 108 Å². The van der Waals surface area contributed by atoms with E-state index in [1.807, 2.05) is 0 Å². The topological polar surface area (TPSA) is 406 Å². The molecule has 0 radical (unpaired) electrons. The molecular formula is C42H22N2O24S6. The number of hydrogen-bond acceptors (Lipinski definition) is 20. The summed E-state index contributed by atoms with van der Waals surface area (Å²) in [6, 6.07) is 19.8. The summed E-state index contributed by atoms with van der Waals surface area (Å²) in [7, 11) is -33.1.